The Morgan fingerprint density at radius 3 is 2.50 bits per heavy atom. The lowest BCUT2D eigenvalue weighted by Gasteiger charge is -2.22. The fraction of sp³-hybridized carbons (Fsp3) is 0.391. The standard InChI is InChI=1S/C23H31N3O5S/c1-5-17(2)24-23(28)20-12-6-7-13-21(20)25-22(27)14-9-15-26(32(4,29)30)18-10-8-11-19(16-18)31-3/h6-8,10-13,16-17H,5,9,14-15H2,1-4H3,(H,24,28)(H,25,27)/t17-/m1/s1. The molecule has 0 heterocycles. The summed E-state index contributed by atoms with van der Waals surface area (Å²) in [6, 6.07) is 13.6. The summed E-state index contributed by atoms with van der Waals surface area (Å²) >= 11 is 0. The highest BCUT2D eigenvalue weighted by Gasteiger charge is 2.19. The molecule has 0 spiro atoms. The van der Waals surface area contributed by atoms with Crippen molar-refractivity contribution in [3.8, 4) is 5.75 Å². The summed E-state index contributed by atoms with van der Waals surface area (Å²) in [6.45, 7) is 4.02. The lowest BCUT2D eigenvalue weighted by Crippen LogP contribution is -2.33. The van der Waals surface area contributed by atoms with Crippen molar-refractivity contribution in [2.45, 2.75) is 39.2 Å². The minimum Gasteiger partial charge on any atom is -0.497 e. The molecule has 0 aliphatic carbocycles. The topological polar surface area (TPSA) is 105 Å². The fourth-order valence-electron chi connectivity index (χ4n) is 3.04. The molecule has 0 aliphatic rings. The lowest BCUT2D eigenvalue weighted by atomic mass is 10.1. The quantitative estimate of drug-likeness (QED) is 0.534. The Morgan fingerprint density at radius 1 is 1.12 bits per heavy atom. The van der Waals surface area contributed by atoms with Gasteiger partial charge >= 0.3 is 0 Å². The van der Waals surface area contributed by atoms with E-state index >= 15 is 0 Å². The minimum absolute atomic E-state index is 0.0184. The van der Waals surface area contributed by atoms with Crippen LogP contribution in [0.2, 0.25) is 0 Å². The van der Waals surface area contributed by atoms with Crippen molar-refractivity contribution in [3.63, 3.8) is 0 Å². The van der Waals surface area contributed by atoms with Gasteiger partial charge in [-0.1, -0.05) is 25.1 Å². The Morgan fingerprint density at radius 2 is 1.84 bits per heavy atom. The van der Waals surface area contributed by atoms with Gasteiger partial charge in [-0.05, 0) is 44.0 Å². The summed E-state index contributed by atoms with van der Waals surface area (Å²) in [6.07, 6.45) is 2.32. The molecule has 0 aliphatic heterocycles. The second-order valence-corrected chi connectivity index (χ2v) is 9.42. The van der Waals surface area contributed by atoms with Crippen LogP contribution in [0, 0.1) is 0 Å². The zero-order valence-electron chi connectivity index (χ0n) is 18.9. The van der Waals surface area contributed by atoms with E-state index < -0.39 is 10.0 Å². The summed E-state index contributed by atoms with van der Waals surface area (Å²) in [7, 11) is -2.03. The van der Waals surface area contributed by atoms with Crippen molar-refractivity contribution >= 4 is 33.2 Å². The van der Waals surface area contributed by atoms with Crippen molar-refractivity contribution in [3.05, 3.63) is 54.1 Å². The molecule has 2 rings (SSSR count). The summed E-state index contributed by atoms with van der Waals surface area (Å²) in [4.78, 5) is 25.0. The first-order valence-corrected chi connectivity index (χ1v) is 12.3. The number of ether oxygens (including phenoxy) is 1. The first-order valence-electron chi connectivity index (χ1n) is 10.5. The molecule has 2 N–H and O–H groups in total. The van der Waals surface area contributed by atoms with Gasteiger partial charge in [0.05, 0.1) is 30.3 Å². The van der Waals surface area contributed by atoms with Crippen molar-refractivity contribution in [2.24, 2.45) is 0 Å². The molecule has 1 atom stereocenters. The van der Waals surface area contributed by atoms with Crippen LogP contribution >= 0.6 is 0 Å². The van der Waals surface area contributed by atoms with Gasteiger partial charge in [0.25, 0.3) is 5.91 Å². The monoisotopic (exact) mass is 461 g/mol. The first-order chi connectivity index (χ1) is 15.2. The Bertz CT molecular complexity index is 1040. The summed E-state index contributed by atoms with van der Waals surface area (Å²) in [5.41, 5.74) is 1.28. The maximum atomic E-state index is 12.5. The minimum atomic E-state index is -3.54. The van der Waals surface area contributed by atoms with Crippen molar-refractivity contribution in [2.75, 3.05) is 29.5 Å². The number of nitrogens with zero attached hydrogens (tertiary/aromatic N) is 1. The highest BCUT2D eigenvalue weighted by Crippen LogP contribution is 2.23. The fourth-order valence-corrected chi connectivity index (χ4v) is 4.00. The van der Waals surface area contributed by atoms with Crippen LogP contribution in [-0.2, 0) is 14.8 Å². The number of rotatable bonds is 11. The van der Waals surface area contributed by atoms with E-state index in [1.165, 1.54) is 11.4 Å². The number of nitrogens with one attached hydrogen (secondary N) is 2. The van der Waals surface area contributed by atoms with Crippen LogP contribution in [0.1, 0.15) is 43.5 Å². The molecule has 2 amide bonds. The number of amides is 2. The van der Waals surface area contributed by atoms with Crippen LogP contribution in [0.25, 0.3) is 0 Å². The number of hydrogen-bond donors (Lipinski definition) is 2. The van der Waals surface area contributed by atoms with Gasteiger partial charge in [0.15, 0.2) is 0 Å². The lowest BCUT2D eigenvalue weighted by molar-refractivity contribution is -0.116. The van der Waals surface area contributed by atoms with Crippen LogP contribution in [-0.4, -0.2) is 46.2 Å². The van der Waals surface area contributed by atoms with Gasteiger partial charge < -0.3 is 15.4 Å². The van der Waals surface area contributed by atoms with Crippen LogP contribution in [0.5, 0.6) is 5.75 Å². The Labute approximate surface area is 190 Å². The van der Waals surface area contributed by atoms with Gasteiger partial charge in [-0.2, -0.15) is 0 Å². The van der Waals surface area contributed by atoms with E-state index in [2.05, 4.69) is 10.6 Å². The van der Waals surface area contributed by atoms with E-state index in [1.54, 1.807) is 48.5 Å². The summed E-state index contributed by atoms with van der Waals surface area (Å²) in [5, 5.41) is 5.65. The molecule has 0 saturated carbocycles. The molecule has 174 valence electrons. The molecule has 32 heavy (non-hydrogen) atoms. The third-order valence-electron chi connectivity index (χ3n) is 4.94. The van der Waals surface area contributed by atoms with E-state index in [1.807, 2.05) is 13.8 Å². The maximum Gasteiger partial charge on any atom is 0.253 e. The molecular formula is C23H31N3O5S. The number of para-hydroxylation sites is 1. The van der Waals surface area contributed by atoms with E-state index in [9.17, 15) is 18.0 Å². The highest BCUT2D eigenvalue weighted by atomic mass is 32.2. The largest absolute Gasteiger partial charge is 0.497 e. The zero-order valence-corrected chi connectivity index (χ0v) is 19.7. The molecule has 9 heteroatoms. The molecular weight excluding hydrogens is 430 g/mol. The molecule has 0 unspecified atom stereocenters. The van der Waals surface area contributed by atoms with E-state index in [-0.39, 0.29) is 30.8 Å². The zero-order chi connectivity index (χ0) is 23.7. The number of anilines is 2. The number of carbonyl (C=O) groups excluding carboxylic acids is 2. The van der Waals surface area contributed by atoms with E-state index in [4.69, 9.17) is 4.74 Å². The summed E-state index contributed by atoms with van der Waals surface area (Å²) in [5.74, 6) is -0.00872. The number of sulfonamides is 1. The van der Waals surface area contributed by atoms with Gasteiger partial charge in [0.2, 0.25) is 15.9 Å². The first kappa shape index (κ1) is 25.2. The van der Waals surface area contributed by atoms with Gasteiger partial charge in [0.1, 0.15) is 5.75 Å². The molecule has 0 radical (unpaired) electrons. The van der Waals surface area contributed by atoms with E-state index in [0.29, 0.717) is 29.1 Å². The smallest absolute Gasteiger partial charge is 0.253 e. The van der Waals surface area contributed by atoms with Crippen molar-refractivity contribution in [1.29, 1.82) is 0 Å². The average molecular weight is 462 g/mol. The molecule has 2 aromatic rings. The van der Waals surface area contributed by atoms with Crippen molar-refractivity contribution in [1.82, 2.24) is 5.32 Å². The number of methoxy groups -OCH3 is 1. The highest BCUT2D eigenvalue weighted by molar-refractivity contribution is 7.92. The molecule has 0 fully saturated rings. The maximum absolute atomic E-state index is 12.5. The molecule has 0 bridgehead atoms. The normalized spacial score (nSPS) is 12.0. The molecule has 2 aromatic carbocycles. The molecule has 8 nitrogen and oxygen atoms in total. The number of hydrogen-bond acceptors (Lipinski definition) is 5. The van der Waals surface area contributed by atoms with Gasteiger partial charge in [-0.3, -0.25) is 13.9 Å². The van der Waals surface area contributed by atoms with E-state index in [0.717, 1.165) is 12.7 Å². The Kier molecular flexibility index (Phi) is 9.07. The Hall–Kier alpha value is -3.07. The summed E-state index contributed by atoms with van der Waals surface area (Å²) < 4.78 is 31.0. The third kappa shape index (κ3) is 7.26. The molecule has 0 saturated heterocycles. The second kappa shape index (κ2) is 11.5. The number of benzene rings is 2. The van der Waals surface area contributed by atoms with Crippen LogP contribution in [0.4, 0.5) is 11.4 Å². The van der Waals surface area contributed by atoms with Crippen LogP contribution < -0.4 is 19.7 Å². The van der Waals surface area contributed by atoms with Crippen LogP contribution in [0.15, 0.2) is 48.5 Å². The molecule has 0 aromatic heterocycles. The second-order valence-electron chi connectivity index (χ2n) is 7.52. The third-order valence-corrected chi connectivity index (χ3v) is 6.14. The van der Waals surface area contributed by atoms with Gasteiger partial charge in [0, 0.05) is 25.1 Å². The van der Waals surface area contributed by atoms with Crippen LogP contribution in [0.3, 0.4) is 0 Å². The van der Waals surface area contributed by atoms with Crippen molar-refractivity contribution < 1.29 is 22.7 Å². The number of carbonyl (C=O) groups is 2. The SMILES string of the molecule is CC[C@@H](C)NC(=O)c1ccccc1NC(=O)CCCN(c1cccc(OC)c1)S(C)(=O)=O. The predicted molar refractivity (Wildman–Crippen MR) is 127 cm³/mol. The Balaban J connectivity index is 2.02. The predicted octanol–water partition coefficient (Wildman–Crippen LogP) is 3.41. The average Bonchev–Trinajstić information content (AvgIpc) is 2.76. The van der Waals surface area contributed by atoms with Gasteiger partial charge in [-0.25, -0.2) is 8.42 Å². The van der Waals surface area contributed by atoms with Gasteiger partial charge in [-0.15, -0.1) is 0 Å².